The lowest BCUT2D eigenvalue weighted by molar-refractivity contribution is -0.174. The van der Waals surface area contributed by atoms with Gasteiger partial charge in [-0.25, -0.2) is 0 Å². The van der Waals surface area contributed by atoms with Crippen molar-refractivity contribution < 1.29 is 22.6 Å². The standard InChI is InChI=1S/C13H25F3N2O2/c1-3-12-10-17(4-5-18(12)7-8-19-2)6-9-20-11-13(14,15)16/h12H,3-11H2,1-2H3. The maximum atomic E-state index is 12.0. The quantitative estimate of drug-likeness (QED) is 0.636. The lowest BCUT2D eigenvalue weighted by Crippen LogP contribution is -2.54. The molecule has 1 unspecified atom stereocenters. The first-order valence-corrected chi connectivity index (χ1v) is 7.06. The summed E-state index contributed by atoms with van der Waals surface area (Å²) in [5.74, 6) is 0. The monoisotopic (exact) mass is 298 g/mol. The van der Waals surface area contributed by atoms with E-state index in [2.05, 4.69) is 21.5 Å². The largest absolute Gasteiger partial charge is 0.411 e. The molecule has 0 aromatic heterocycles. The van der Waals surface area contributed by atoms with Gasteiger partial charge in [-0.1, -0.05) is 6.92 Å². The van der Waals surface area contributed by atoms with Crippen LogP contribution in [0.2, 0.25) is 0 Å². The molecule has 1 atom stereocenters. The van der Waals surface area contributed by atoms with Crippen molar-refractivity contribution in [2.75, 3.05) is 59.7 Å². The van der Waals surface area contributed by atoms with Gasteiger partial charge in [0.15, 0.2) is 0 Å². The molecular formula is C13H25F3N2O2. The van der Waals surface area contributed by atoms with Gasteiger partial charge in [-0.15, -0.1) is 0 Å². The predicted molar refractivity (Wildman–Crippen MR) is 70.8 cm³/mol. The molecule has 0 aromatic carbocycles. The van der Waals surface area contributed by atoms with Crippen molar-refractivity contribution in [2.24, 2.45) is 0 Å². The Kier molecular flexibility index (Phi) is 7.79. The van der Waals surface area contributed by atoms with Crippen molar-refractivity contribution in [3.63, 3.8) is 0 Å². The summed E-state index contributed by atoms with van der Waals surface area (Å²) in [5, 5.41) is 0. The fraction of sp³-hybridized carbons (Fsp3) is 1.00. The molecule has 0 spiro atoms. The Morgan fingerprint density at radius 2 is 1.90 bits per heavy atom. The molecule has 1 fully saturated rings. The Morgan fingerprint density at radius 1 is 1.15 bits per heavy atom. The van der Waals surface area contributed by atoms with E-state index in [1.165, 1.54) is 0 Å². The molecule has 0 amide bonds. The third-order valence-corrected chi connectivity index (χ3v) is 3.56. The zero-order valence-corrected chi connectivity index (χ0v) is 12.3. The summed E-state index contributed by atoms with van der Waals surface area (Å²) in [7, 11) is 1.69. The summed E-state index contributed by atoms with van der Waals surface area (Å²) >= 11 is 0. The second kappa shape index (κ2) is 8.81. The number of nitrogens with zero attached hydrogens (tertiary/aromatic N) is 2. The second-order valence-corrected chi connectivity index (χ2v) is 5.06. The van der Waals surface area contributed by atoms with Crippen LogP contribution in [0.1, 0.15) is 13.3 Å². The molecule has 0 aromatic rings. The van der Waals surface area contributed by atoms with Gasteiger partial charge in [0, 0.05) is 45.9 Å². The molecule has 0 saturated carbocycles. The molecule has 1 heterocycles. The van der Waals surface area contributed by atoms with Gasteiger partial charge in [0.2, 0.25) is 0 Å². The zero-order chi connectivity index (χ0) is 15.0. The van der Waals surface area contributed by atoms with Gasteiger partial charge in [0.05, 0.1) is 13.2 Å². The zero-order valence-electron chi connectivity index (χ0n) is 12.3. The van der Waals surface area contributed by atoms with Gasteiger partial charge in [-0.2, -0.15) is 13.2 Å². The number of methoxy groups -OCH3 is 1. The fourth-order valence-corrected chi connectivity index (χ4v) is 2.43. The lowest BCUT2D eigenvalue weighted by Gasteiger charge is -2.41. The van der Waals surface area contributed by atoms with E-state index in [0.717, 1.165) is 32.6 Å². The SMILES string of the molecule is CCC1CN(CCOCC(F)(F)F)CCN1CCOC. The maximum absolute atomic E-state index is 12.0. The van der Waals surface area contributed by atoms with Gasteiger partial charge < -0.3 is 9.47 Å². The molecule has 0 N–H and O–H groups in total. The third-order valence-electron chi connectivity index (χ3n) is 3.56. The predicted octanol–water partition coefficient (Wildman–Crippen LogP) is 1.61. The van der Waals surface area contributed by atoms with Crippen molar-refractivity contribution in [1.82, 2.24) is 9.80 Å². The van der Waals surface area contributed by atoms with Crippen molar-refractivity contribution in [2.45, 2.75) is 25.6 Å². The van der Waals surface area contributed by atoms with Crippen molar-refractivity contribution in [3.05, 3.63) is 0 Å². The van der Waals surface area contributed by atoms with Crippen LogP contribution in [0.5, 0.6) is 0 Å². The van der Waals surface area contributed by atoms with E-state index < -0.39 is 12.8 Å². The minimum atomic E-state index is -4.23. The highest BCUT2D eigenvalue weighted by Crippen LogP contribution is 2.15. The molecule has 1 rings (SSSR count). The summed E-state index contributed by atoms with van der Waals surface area (Å²) in [6.07, 6.45) is -3.20. The number of ether oxygens (including phenoxy) is 2. The normalized spacial score (nSPS) is 22.4. The highest BCUT2D eigenvalue weighted by atomic mass is 19.4. The second-order valence-electron chi connectivity index (χ2n) is 5.06. The number of rotatable bonds is 8. The minimum Gasteiger partial charge on any atom is -0.383 e. The molecule has 1 aliphatic rings. The maximum Gasteiger partial charge on any atom is 0.411 e. The van der Waals surface area contributed by atoms with Gasteiger partial charge in [0.25, 0.3) is 0 Å². The van der Waals surface area contributed by atoms with Crippen molar-refractivity contribution >= 4 is 0 Å². The smallest absolute Gasteiger partial charge is 0.383 e. The van der Waals surface area contributed by atoms with E-state index in [4.69, 9.17) is 4.74 Å². The molecule has 0 bridgehead atoms. The Bertz CT molecular complexity index is 264. The first-order chi connectivity index (χ1) is 9.46. The molecular weight excluding hydrogens is 273 g/mol. The first kappa shape index (κ1) is 17.7. The van der Waals surface area contributed by atoms with Crippen molar-refractivity contribution in [3.8, 4) is 0 Å². The Hall–Kier alpha value is -0.370. The average Bonchev–Trinajstić information content (AvgIpc) is 2.40. The number of hydrogen-bond acceptors (Lipinski definition) is 4. The highest BCUT2D eigenvalue weighted by molar-refractivity contribution is 4.81. The third kappa shape index (κ3) is 6.88. The van der Waals surface area contributed by atoms with Crippen molar-refractivity contribution in [1.29, 1.82) is 0 Å². The van der Waals surface area contributed by atoms with E-state index in [9.17, 15) is 13.2 Å². The highest BCUT2D eigenvalue weighted by Gasteiger charge is 2.28. The van der Waals surface area contributed by atoms with Gasteiger partial charge in [-0.05, 0) is 6.42 Å². The molecule has 0 aliphatic carbocycles. The molecule has 1 aliphatic heterocycles. The molecule has 0 radical (unpaired) electrons. The summed E-state index contributed by atoms with van der Waals surface area (Å²) in [5.41, 5.74) is 0. The molecule has 7 heteroatoms. The number of piperazine rings is 1. The van der Waals surface area contributed by atoms with Crippen LogP contribution in [0.4, 0.5) is 13.2 Å². The number of hydrogen-bond donors (Lipinski definition) is 0. The van der Waals surface area contributed by atoms with E-state index in [1.807, 2.05) is 0 Å². The number of halogens is 3. The van der Waals surface area contributed by atoms with E-state index in [1.54, 1.807) is 7.11 Å². The minimum absolute atomic E-state index is 0.133. The van der Waals surface area contributed by atoms with E-state index in [-0.39, 0.29) is 6.61 Å². The van der Waals surface area contributed by atoms with Gasteiger partial charge >= 0.3 is 6.18 Å². The van der Waals surface area contributed by atoms with Gasteiger partial charge in [0.1, 0.15) is 6.61 Å². The summed E-state index contributed by atoms with van der Waals surface area (Å²) < 4.78 is 45.6. The van der Waals surface area contributed by atoms with Gasteiger partial charge in [-0.3, -0.25) is 9.80 Å². The lowest BCUT2D eigenvalue weighted by atomic mass is 10.1. The van der Waals surface area contributed by atoms with Crippen LogP contribution < -0.4 is 0 Å². The first-order valence-electron chi connectivity index (χ1n) is 7.06. The van der Waals surface area contributed by atoms with Crippen LogP contribution in [-0.4, -0.2) is 81.7 Å². The Morgan fingerprint density at radius 3 is 2.50 bits per heavy atom. The molecule has 4 nitrogen and oxygen atoms in total. The summed E-state index contributed by atoms with van der Waals surface area (Å²) in [6.45, 7) is 5.98. The Balaban J connectivity index is 2.23. The van der Waals surface area contributed by atoms with Crippen LogP contribution in [0, 0.1) is 0 Å². The Labute approximate surface area is 118 Å². The topological polar surface area (TPSA) is 24.9 Å². The summed E-state index contributed by atoms with van der Waals surface area (Å²) in [4.78, 5) is 4.56. The van der Waals surface area contributed by atoms with Crippen LogP contribution >= 0.6 is 0 Å². The van der Waals surface area contributed by atoms with Crippen LogP contribution in [0.25, 0.3) is 0 Å². The van der Waals surface area contributed by atoms with Crippen LogP contribution in [0.3, 0.4) is 0 Å². The average molecular weight is 298 g/mol. The van der Waals surface area contributed by atoms with E-state index in [0.29, 0.717) is 19.2 Å². The van der Waals surface area contributed by atoms with E-state index >= 15 is 0 Å². The fourth-order valence-electron chi connectivity index (χ4n) is 2.43. The van der Waals surface area contributed by atoms with Crippen LogP contribution in [-0.2, 0) is 9.47 Å². The van der Waals surface area contributed by atoms with Crippen LogP contribution in [0.15, 0.2) is 0 Å². The molecule has 1 saturated heterocycles. The molecule has 20 heavy (non-hydrogen) atoms. The molecule has 120 valence electrons. The number of alkyl halides is 3. The summed E-state index contributed by atoms with van der Waals surface area (Å²) in [6, 6.07) is 0.446.